The van der Waals surface area contributed by atoms with E-state index in [9.17, 15) is 0 Å². The second-order valence-corrected chi connectivity index (χ2v) is 5.30. The summed E-state index contributed by atoms with van der Waals surface area (Å²) in [5.74, 6) is 0.821. The van der Waals surface area contributed by atoms with E-state index < -0.39 is 0 Å². The van der Waals surface area contributed by atoms with Crippen LogP contribution in [0.3, 0.4) is 0 Å². The fraction of sp³-hybridized carbons (Fsp3) is 0.0667. The summed E-state index contributed by atoms with van der Waals surface area (Å²) in [4.78, 5) is 0. The van der Waals surface area contributed by atoms with E-state index in [0.29, 0.717) is 16.3 Å². The minimum Gasteiger partial charge on any atom is -0.378 e. The van der Waals surface area contributed by atoms with E-state index in [1.807, 2.05) is 59.2 Å². The van der Waals surface area contributed by atoms with Crippen molar-refractivity contribution in [2.24, 2.45) is 0 Å². The largest absolute Gasteiger partial charge is 0.378 e. The summed E-state index contributed by atoms with van der Waals surface area (Å²) >= 11 is 11.2. The molecule has 0 aliphatic heterocycles. The Morgan fingerprint density at radius 3 is 2.52 bits per heavy atom. The van der Waals surface area contributed by atoms with Gasteiger partial charge in [0.25, 0.3) is 0 Å². The number of aromatic nitrogens is 3. The third-order valence-corrected chi connectivity index (χ3v) is 3.58. The predicted octanol–water partition coefficient (Wildman–Crippen LogP) is 4.20. The highest BCUT2D eigenvalue weighted by molar-refractivity contribution is 7.71. The highest BCUT2D eigenvalue weighted by Gasteiger charge is 2.07. The van der Waals surface area contributed by atoms with Crippen molar-refractivity contribution < 1.29 is 0 Å². The highest BCUT2D eigenvalue weighted by Crippen LogP contribution is 2.15. The Kier molecular flexibility index (Phi) is 4.03. The molecule has 3 aromatic rings. The average molecular weight is 317 g/mol. The summed E-state index contributed by atoms with van der Waals surface area (Å²) in [5.41, 5.74) is 1.97. The van der Waals surface area contributed by atoms with E-state index in [1.54, 1.807) is 0 Å². The van der Waals surface area contributed by atoms with Crippen LogP contribution >= 0.6 is 23.8 Å². The molecule has 0 unspecified atom stereocenters. The topological polar surface area (TPSA) is 45.6 Å². The molecule has 0 aliphatic rings. The van der Waals surface area contributed by atoms with Crippen molar-refractivity contribution in [1.82, 2.24) is 14.8 Å². The fourth-order valence-corrected chi connectivity index (χ4v) is 2.42. The Bertz CT molecular complexity index is 777. The van der Waals surface area contributed by atoms with Gasteiger partial charge in [-0.05, 0) is 48.6 Å². The first-order chi connectivity index (χ1) is 10.2. The number of hydrogen-bond donors (Lipinski definition) is 2. The van der Waals surface area contributed by atoms with E-state index in [2.05, 4.69) is 15.5 Å². The molecule has 0 saturated carbocycles. The van der Waals surface area contributed by atoms with Crippen LogP contribution in [0.4, 0.5) is 5.69 Å². The molecule has 0 bridgehead atoms. The second-order valence-electron chi connectivity index (χ2n) is 4.48. The number of para-hydroxylation sites is 1. The van der Waals surface area contributed by atoms with Crippen molar-refractivity contribution >= 4 is 29.5 Å². The molecule has 0 radical (unpaired) electrons. The smallest absolute Gasteiger partial charge is 0.199 e. The summed E-state index contributed by atoms with van der Waals surface area (Å²) in [6, 6.07) is 17.5. The Labute approximate surface area is 132 Å². The van der Waals surface area contributed by atoms with E-state index in [4.69, 9.17) is 23.8 Å². The second kappa shape index (κ2) is 6.11. The molecule has 0 fully saturated rings. The number of nitrogens with one attached hydrogen (secondary N) is 2. The number of rotatable bonds is 4. The standard InChI is InChI=1S/C15H13ClN4S/c16-11-6-8-12(9-7-11)17-10-14-18-19-15(21)20(14)13-4-2-1-3-5-13/h1-9,17H,10H2,(H,19,21). The Morgan fingerprint density at radius 2 is 1.81 bits per heavy atom. The maximum absolute atomic E-state index is 5.87. The van der Waals surface area contributed by atoms with Gasteiger partial charge in [0.15, 0.2) is 10.6 Å². The molecule has 0 saturated heterocycles. The van der Waals surface area contributed by atoms with Crippen molar-refractivity contribution in [2.45, 2.75) is 6.54 Å². The van der Waals surface area contributed by atoms with Crippen LogP contribution in [0.15, 0.2) is 54.6 Å². The summed E-state index contributed by atoms with van der Waals surface area (Å²) in [5, 5.41) is 11.1. The number of H-pyrrole nitrogens is 1. The molecule has 2 N–H and O–H groups in total. The molecule has 1 aromatic heterocycles. The van der Waals surface area contributed by atoms with E-state index in [-0.39, 0.29) is 0 Å². The number of hydrogen-bond acceptors (Lipinski definition) is 3. The van der Waals surface area contributed by atoms with E-state index in [1.165, 1.54) is 0 Å². The molecule has 3 rings (SSSR count). The van der Waals surface area contributed by atoms with Crippen molar-refractivity contribution in [3.63, 3.8) is 0 Å². The molecule has 6 heteroatoms. The molecular formula is C15H13ClN4S. The third kappa shape index (κ3) is 3.15. The van der Waals surface area contributed by atoms with Crippen molar-refractivity contribution in [3.8, 4) is 5.69 Å². The number of halogens is 1. The van der Waals surface area contributed by atoms with Crippen LogP contribution in [-0.2, 0) is 6.54 Å². The average Bonchev–Trinajstić information content (AvgIpc) is 2.88. The van der Waals surface area contributed by atoms with Gasteiger partial charge in [0, 0.05) is 16.4 Å². The van der Waals surface area contributed by atoms with E-state index >= 15 is 0 Å². The van der Waals surface area contributed by atoms with Crippen LogP contribution in [0.5, 0.6) is 0 Å². The molecule has 0 atom stereocenters. The van der Waals surface area contributed by atoms with Gasteiger partial charge in [0.05, 0.1) is 6.54 Å². The molecule has 4 nitrogen and oxygen atoms in total. The first kappa shape index (κ1) is 13.9. The van der Waals surface area contributed by atoms with Gasteiger partial charge in [-0.15, -0.1) is 0 Å². The zero-order chi connectivity index (χ0) is 14.7. The van der Waals surface area contributed by atoms with Gasteiger partial charge >= 0.3 is 0 Å². The first-order valence-electron chi connectivity index (χ1n) is 6.45. The number of aromatic amines is 1. The number of nitrogens with zero attached hydrogens (tertiary/aromatic N) is 2. The molecule has 0 amide bonds. The lowest BCUT2D eigenvalue weighted by molar-refractivity contribution is 0.888. The minimum absolute atomic E-state index is 0.559. The normalized spacial score (nSPS) is 10.5. The minimum atomic E-state index is 0.559. The summed E-state index contributed by atoms with van der Waals surface area (Å²) in [6.45, 7) is 0.559. The Hall–Kier alpha value is -2.11. The van der Waals surface area contributed by atoms with Gasteiger partial charge < -0.3 is 5.32 Å². The van der Waals surface area contributed by atoms with Crippen LogP contribution in [-0.4, -0.2) is 14.8 Å². The maximum Gasteiger partial charge on any atom is 0.199 e. The number of anilines is 1. The Morgan fingerprint density at radius 1 is 1.10 bits per heavy atom. The summed E-state index contributed by atoms with van der Waals surface area (Å²) < 4.78 is 2.49. The van der Waals surface area contributed by atoms with E-state index in [0.717, 1.165) is 17.2 Å². The zero-order valence-corrected chi connectivity index (χ0v) is 12.7. The van der Waals surface area contributed by atoms with Crippen LogP contribution in [0, 0.1) is 4.77 Å². The lowest BCUT2D eigenvalue weighted by Gasteiger charge is -2.08. The van der Waals surface area contributed by atoms with Gasteiger partial charge in [0.1, 0.15) is 0 Å². The van der Waals surface area contributed by atoms with Crippen LogP contribution in [0.2, 0.25) is 5.02 Å². The van der Waals surface area contributed by atoms with Gasteiger partial charge in [-0.2, -0.15) is 5.10 Å². The zero-order valence-electron chi connectivity index (χ0n) is 11.1. The van der Waals surface area contributed by atoms with Crippen molar-refractivity contribution in [1.29, 1.82) is 0 Å². The van der Waals surface area contributed by atoms with Gasteiger partial charge in [-0.3, -0.25) is 9.67 Å². The quantitative estimate of drug-likeness (QED) is 0.709. The molecule has 0 spiro atoms. The number of benzene rings is 2. The molecule has 106 valence electrons. The monoisotopic (exact) mass is 316 g/mol. The first-order valence-corrected chi connectivity index (χ1v) is 7.24. The lowest BCUT2D eigenvalue weighted by atomic mass is 10.3. The lowest BCUT2D eigenvalue weighted by Crippen LogP contribution is -2.07. The highest BCUT2D eigenvalue weighted by atomic mass is 35.5. The Balaban J connectivity index is 1.84. The van der Waals surface area contributed by atoms with Crippen molar-refractivity contribution in [2.75, 3.05) is 5.32 Å². The molecule has 1 heterocycles. The maximum atomic E-state index is 5.87. The molecule has 21 heavy (non-hydrogen) atoms. The molecule has 0 aliphatic carbocycles. The van der Waals surface area contributed by atoms with Gasteiger partial charge in [0.2, 0.25) is 0 Å². The summed E-state index contributed by atoms with van der Waals surface area (Å²) in [7, 11) is 0. The third-order valence-electron chi connectivity index (χ3n) is 3.05. The van der Waals surface area contributed by atoms with Crippen LogP contribution in [0.1, 0.15) is 5.82 Å². The van der Waals surface area contributed by atoms with Crippen molar-refractivity contribution in [3.05, 3.63) is 70.2 Å². The molecule has 2 aromatic carbocycles. The SMILES string of the molecule is S=c1[nH]nc(CNc2ccc(Cl)cc2)n1-c1ccccc1. The van der Waals surface area contributed by atoms with Crippen LogP contribution < -0.4 is 5.32 Å². The molecular weight excluding hydrogens is 304 g/mol. The van der Waals surface area contributed by atoms with Crippen LogP contribution in [0.25, 0.3) is 5.69 Å². The fourth-order valence-electron chi connectivity index (χ4n) is 2.04. The summed E-state index contributed by atoms with van der Waals surface area (Å²) in [6.07, 6.45) is 0. The van der Waals surface area contributed by atoms with Gasteiger partial charge in [-0.1, -0.05) is 29.8 Å². The predicted molar refractivity (Wildman–Crippen MR) is 87.5 cm³/mol. The van der Waals surface area contributed by atoms with Gasteiger partial charge in [-0.25, -0.2) is 0 Å².